The van der Waals surface area contributed by atoms with Crippen LogP contribution in [0.2, 0.25) is 0 Å². The number of hydrogen-bond acceptors (Lipinski definition) is 2. The fourth-order valence-corrected chi connectivity index (χ4v) is 1.87. The molecule has 1 unspecified atom stereocenters. The largest absolute Gasteiger partial charge is 0.497 e. The molecule has 0 saturated heterocycles. The van der Waals surface area contributed by atoms with Crippen LogP contribution in [0.3, 0.4) is 0 Å². The summed E-state index contributed by atoms with van der Waals surface area (Å²) in [5, 5.41) is 3.41. The zero-order chi connectivity index (χ0) is 18.7. The first-order valence-electron chi connectivity index (χ1n) is 8.59. The topological polar surface area (TPSA) is 33.6 Å². The molecule has 0 aliphatic rings. The molecule has 134 valence electrons. The minimum atomic E-state index is 0.530. The van der Waals surface area contributed by atoms with Crippen LogP contribution in [0.15, 0.2) is 64.7 Å². The highest BCUT2D eigenvalue weighted by atomic mass is 16.5. The number of aliphatic imine (C=N–C) groups is 1. The van der Waals surface area contributed by atoms with Crippen molar-refractivity contribution in [2.75, 3.05) is 7.11 Å². The fraction of sp³-hybridized carbons (Fsp3) is 0.476. The number of rotatable bonds is 9. The summed E-state index contributed by atoms with van der Waals surface area (Å²) in [5.41, 5.74) is 3.68. The van der Waals surface area contributed by atoms with E-state index in [9.17, 15) is 0 Å². The van der Waals surface area contributed by atoms with Crippen molar-refractivity contribution < 1.29 is 4.74 Å². The third kappa shape index (κ3) is 8.00. The molecule has 0 saturated carbocycles. The van der Waals surface area contributed by atoms with Gasteiger partial charge >= 0.3 is 0 Å². The lowest BCUT2D eigenvalue weighted by Gasteiger charge is -2.15. The standard InChI is InChI=1S/C21H34N2O/c1-10-16(6)13-19(11-2)23-21(15(4)5)22-18(8)17(7)14-20(12-3)24-9/h12-14,16H,4,8,10-11H2,1-3,5-7,9H3,(H,22,23)/b17-14+,19-13-,20-12?. The minimum absolute atomic E-state index is 0.530. The quantitative estimate of drug-likeness (QED) is 0.247. The van der Waals surface area contributed by atoms with Crippen molar-refractivity contribution in [2.24, 2.45) is 10.9 Å². The summed E-state index contributed by atoms with van der Waals surface area (Å²) in [5.74, 6) is 2.07. The second kappa shape index (κ2) is 11.5. The highest BCUT2D eigenvalue weighted by molar-refractivity contribution is 5.99. The molecular weight excluding hydrogens is 296 g/mol. The second-order valence-electron chi connectivity index (χ2n) is 5.97. The molecule has 24 heavy (non-hydrogen) atoms. The number of nitrogens with one attached hydrogen (secondary N) is 1. The Balaban J connectivity index is 5.45. The Labute approximate surface area is 148 Å². The van der Waals surface area contributed by atoms with Crippen molar-refractivity contribution in [3.05, 3.63) is 59.7 Å². The Morgan fingerprint density at radius 2 is 1.88 bits per heavy atom. The van der Waals surface area contributed by atoms with Crippen molar-refractivity contribution in [3.8, 4) is 0 Å². The molecule has 3 nitrogen and oxygen atoms in total. The van der Waals surface area contributed by atoms with Gasteiger partial charge in [-0.05, 0) is 56.4 Å². The summed E-state index contributed by atoms with van der Waals surface area (Å²) in [4.78, 5) is 4.64. The fourth-order valence-electron chi connectivity index (χ4n) is 1.87. The van der Waals surface area contributed by atoms with Gasteiger partial charge in [0.15, 0.2) is 0 Å². The van der Waals surface area contributed by atoms with Gasteiger partial charge in [-0.2, -0.15) is 0 Å². The number of amidine groups is 1. The van der Waals surface area contributed by atoms with Crippen LogP contribution in [0, 0.1) is 5.92 Å². The number of hydrogen-bond donors (Lipinski definition) is 1. The Morgan fingerprint density at radius 1 is 1.25 bits per heavy atom. The molecule has 0 rings (SSSR count). The molecule has 3 heteroatoms. The van der Waals surface area contributed by atoms with Gasteiger partial charge in [-0.1, -0.05) is 46.4 Å². The average Bonchev–Trinajstić information content (AvgIpc) is 2.57. The Bertz CT molecular complexity index is 562. The Morgan fingerprint density at radius 3 is 2.29 bits per heavy atom. The van der Waals surface area contributed by atoms with Crippen molar-refractivity contribution in [1.82, 2.24) is 5.32 Å². The summed E-state index contributed by atoms with van der Waals surface area (Å²) < 4.78 is 5.26. The van der Waals surface area contributed by atoms with Gasteiger partial charge in [0.1, 0.15) is 11.6 Å². The smallest absolute Gasteiger partial charge is 0.133 e. The molecule has 0 aliphatic heterocycles. The lowest BCUT2D eigenvalue weighted by atomic mass is 10.1. The predicted octanol–water partition coefficient (Wildman–Crippen LogP) is 5.90. The average molecular weight is 331 g/mol. The first kappa shape index (κ1) is 22.0. The van der Waals surface area contributed by atoms with Gasteiger partial charge in [-0.3, -0.25) is 0 Å². The lowest BCUT2D eigenvalue weighted by Crippen LogP contribution is -2.24. The van der Waals surface area contributed by atoms with Gasteiger partial charge in [-0.15, -0.1) is 0 Å². The zero-order valence-corrected chi connectivity index (χ0v) is 16.5. The Kier molecular flexibility index (Phi) is 10.5. The molecule has 0 amide bonds. The van der Waals surface area contributed by atoms with E-state index in [2.05, 4.69) is 50.3 Å². The van der Waals surface area contributed by atoms with Crippen LogP contribution >= 0.6 is 0 Å². The summed E-state index contributed by atoms with van der Waals surface area (Å²) in [6.07, 6.45) is 8.12. The molecule has 0 aromatic rings. The monoisotopic (exact) mass is 330 g/mol. The van der Waals surface area contributed by atoms with Crippen molar-refractivity contribution >= 4 is 5.84 Å². The molecule has 0 bridgehead atoms. The molecular formula is C21H34N2O. The van der Waals surface area contributed by atoms with E-state index in [1.54, 1.807) is 7.11 Å². The predicted molar refractivity (Wildman–Crippen MR) is 107 cm³/mol. The van der Waals surface area contributed by atoms with E-state index in [-0.39, 0.29) is 0 Å². The molecule has 0 radical (unpaired) electrons. The van der Waals surface area contributed by atoms with E-state index in [1.165, 1.54) is 0 Å². The molecule has 1 atom stereocenters. The first-order valence-corrected chi connectivity index (χ1v) is 8.59. The third-order valence-electron chi connectivity index (χ3n) is 3.77. The normalized spacial score (nSPS) is 15.1. The van der Waals surface area contributed by atoms with Crippen LogP contribution in [-0.4, -0.2) is 12.9 Å². The number of ether oxygens (including phenoxy) is 1. The maximum atomic E-state index is 5.26. The highest BCUT2D eigenvalue weighted by Gasteiger charge is 2.06. The maximum absolute atomic E-state index is 5.26. The maximum Gasteiger partial charge on any atom is 0.133 e. The number of methoxy groups -OCH3 is 1. The van der Waals surface area contributed by atoms with Gasteiger partial charge in [0, 0.05) is 5.70 Å². The van der Waals surface area contributed by atoms with Gasteiger partial charge < -0.3 is 10.1 Å². The third-order valence-corrected chi connectivity index (χ3v) is 3.77. The number of nitrogens with zero attached hydrogens (tertiary/aromatic N) is 1. The van der Waals surface area contributed by atoms with Crippen LogP contribution in [0.25, 0.3) is 0 Å². The number of allylic oxidation sites excluding steroid dienone is 5. The van der Waals surface area contributed by atoms with E-state index in [0.717, 1.165) is 41.3 Å². The van der Waals surface area contributed by atoms with E-state index in [4.69, 9.17) is 4.74 Å². The molecule has 1 N–H and O–H groups in total. The summed E-state index contributed by atoms with van der Waals surface area (Å²) in [6.45, 7) is 20.5. The van der Waals surface area contributed by atoms with Crippen molar-refractivity contribution in [1.29, 1.82) is 0 Å². The highest BCUT2D eigenvalue weighted by Crippen LogP contribution is 2.14. The second-order valence-corrected chi connectivity index (χ2v) is 5.97. The summed E-state index contributed by atoms with van der Waals surface area (Å²) >= 11 is 0. The van der Waals surface area contributed by atoms with E-state index >= 15 is 0 Å². The van der Waals surface area contributed by atoms with E-state index < -0.39 is 0 Å². The van der Waals surface area contributed by atoms with Gasteiger partial charge in [0.2, 0.25) is 0 Å². The van der Waals surface area contributed by atoms with Crippen molar-refractivity contribution in [3.63, 3.8) is 0 Å². The van der Waals surface area contributed by atoms with Crippen LogP contribution in [0.4, 0.5) is 0 Å². The van der Waals surface area contributed by atoms with Crippen molar-refractivity contribution in [2.45, 2.75) is 54.4 Å². The minimum Gasteiger partial charge on any atom is -0.497 e. The van der Waals surface area contributed by atoms with Crippen LogP contribution in [0.1, 0.15) is 54.4 Å². The van der Waals surface area contributed by atoms with Crippen LogP contribution in [0.5, 0.6) is 0 Å². The van der Waals surface area contributed by atoms with E-state index in [1.807, 2.05) is 32.9 Å². The molecule has 0 aliphatic carbocycles. The molecule has 0 aromatic heterocycles. The molecule has 0 spiro atoms. The molecule has 0 fully saturated rings. The van der Waals surface area contributed by atoms with Gasteiger partial charge in [-0.25, -0.2) is 4.99 Å². The SMILES string of the molecule is C=C(C)C(=NC(=C)/C(C)=C/C(=CC)OC)N/C(=C\C(C)CC)CC. The lowest BCUT2D eigenvalue weighted by molar-refractivity contribution is 0.306. The van der Waals surface area contributed by atoms with Crippen LogP contribution in [-0.2, 0) is 4.74 Å². The molecule has 0 aromatic carbocycles. The van der Waals surface area contributed by atoms with Gasteiger partial charge in [0.25, 0.3) is 0 Å². The zero-order valence-electron chi connectivity index (χ0n) is 16.5. The van der Waals surface area contributed by atoms with E-state index in [0.29, 0.717) is 11.6 Å². The first-order chi connectivity index (χ1) is 11.3. The molecule has 0 heterocycles. The van der Waals surface area contributed by atoms with Crippen LogP contribution < -0.4 is 5.32 Å². The van der Waals surface area contributed by atoms with Gasteiger partial charge in [0.05, 0.1) is 12.8 Å². The summed E-state index contributed by atoms with van der Waals surface area (Å²) in [6, 6.07) is 0. The Hall–Kier alpha value is -2.03. The summed E-state index contributed by atoms with van der Waals surface area (Å²) in [7, 11) is 1.65.